The number of benzene rings is 1. The summed E-state index contributed by atoms with van der Waals surface area (Å²) in [5, 5.41) is 8.67. The molecule has 80 valence electrons. The summed E-state index contributed by atoms with van der Waals surface area (Å²) < 4.78 is 5.40. The Balaban J connectivity index is 2.50. The van der Waals surface area contributed by atoms with Gasteiger partial charge in [0.1, 0.15) is 5.75 Å². The zero-order valence-electron chi connectivity index (χ0n) is 8.69. The van der Waals surface area contributed by atoms with Crippen molar-refractivity contribution in [1.29, 1.82) is 0 Å². The lowest BCUT2D eigenvalue weighted by Crippen LogP contribution is -1.99. The summed E-state index contributed by atoms with van der Waals surface area (Å²) in [4.78, 5) is 10.6. The van der Waals surface area contributed by atoms with Gasteiger partial charge >= 0.3 is 5.97 Å². The number of carbonyl (C=O) groups is 1. The Bertz CT molecular complexity index is 352. The van der Waals surface area contributed by atoms with Crippen molar-refractivity contribution in [3.63, 3.8) is 0 Å². The van der Waals surface area contributed by atoms with Crippen LogP contribution in [0.3, 0.4) is 0 Å². The Labute approximate surface area is 89.0 Å². The maximum atomic E-state index is 10.6. The molecule has 0 spiro atoms. The van der Waals surface area contributed by atoms with Crippen LogP contribution in [-0.4, -0.2) is 17.7 Å². The SMILES string of the molecule is C=C(C)CCOc1ccc(C(=O)O)cc1. The van der Waals surface area contributed by atoms with E-state index in [1.807, 2.05) is 6.92 Å². The predicted molar refractivity (Wildman–Crippen MR) is 58.3 cm³/mol. The smallest absolute Gasteiger partial charge is 0.335 e. The molecular weight excluding hydrogens is 192 g/mol. The average Bonchev–Trinajstić information content (AvgIpc) is 2.18. The van der Waals surface area contributed by atoms with Crippen molar-refractivity contribution in [2.24, 2.45) is 0 Å². The fraction of sp³-hybridized carbons (Fsp3) is 0.250. The molecule has 0 saturated heterocycles. The number of ether oxygens (including phenoxy) is 1. The number of hydrogen-bond donors (Lipinski definition) is 1. The van der Waals surface area contributed by atoms with Crippen LogP contribution in [0.1, 0.15) is 23.7 Å². The highest BCUT2D eigenvalue weighted by Crippen LogP contribution is 2.12. The second kappa shape index (κ2) is 5.20. The first-order valence-electron chi connectivity index (χ1n) is 4.70. The highest BCUT2D eigenvalue weighted by molar-refractivity contribution is 5.87. The number of carboxylic acid groups (broad SMARTS) is 1. The van der Waals surface area contributed by atoms with Crippen molar-refractivity contribution < 1.29 is 14.6 Å². The van der Waals surface area contributed by atoms with Gasteiger partial charge in [0, 0.05) is 6.42 Å². The van der Waals surface area contributed by atoms with Crippen molar-refractivity contribution in [1.82, 2.24) is 0 Å². The zero-order chi connectivity index (χ0) is 11.3. The summed E-state index contributed by atoms with van der Waals surface area (Å²) in [6.45, 7) is 6.28. The molecule has 15 heavy (non-hydrogen) atoms. The van der Waals surface area contributed by atoms with Crippen LogP contribution in [0.2, 0.25) is 0 Å². The van der Waals surface area contributed by atoms with Crippen LogP contribution in [-0.2, 0) is 0 Å². The Morgan fingerprint density at radius 1 is 1.40 bits per heavy atom. The van der Waals surface area contributed by atoms with Gasteiger partial charge in [-0.25, -0.2) is 4.79 Å². The van der Waals surface area contributed by atoms with Crippen LogP contribution in [0.25, 0.3) is 0 Å². The molecule has 0 amide bonds. The van der Waals surface area contributed by atoms with Gasteiger partial charge in [0.2, 0.25) is 0 Å². The lowest BCUT2D eigenvalue weighted by Gasteiger charge is -2.05. The molecule has 1 rings (SSSR count). The molecule has 0 heterocycles. The topological polar surface area (TPSA) is 46.5 Å². The lowest BCUT2D eigenvalue weighted by molar-refractivity contribution is 0.0697. The molecule has 0 unspecified atom stereocenters. The second-order valence-electron chi connectivity index (χ2n) is 3.39. The van der Waals surface area contributed by atoms with Crippen LogP contribution in [0.4, 0.5) is 0 Å². The van der Waals surface area contributed by atoms with E-state index >= 15 is 0 Å². The summed E-state index contributed by atoms with van der Waals surface area (Å²) in [5.74, 6) is -0.246. The van der Waals surface area contributed by atoms with E-state index in [2.05, 4.69) is 6.58 Å². The minimum atomic E-state index is -0.927. The maximum Gasteiger partial charge on any atom is 0.335 e. The molecule has 0 aliphatic carbocycles. The highest BCUT2D eigenvalue weighted by Gasteiger charge is 2.01. The average molecular weight is 206 g/mol. The predicted octanol–water partition coefficient (Wildman–Crippen LogP) is 2.73. The second-order valence-corrected chi connectivity index (χ2v) is 3.39. The largest absolute Gasteiger partial charge is 0.493 e. The molecule has 0 fully saturated rings. The van der Waals surface area contributed by atoms with Crippen molar-refractivity contribution in [3.8, 4) is 5.75 Å². The number of aromatic carboxylic acids is 1. The van der Waals surface area contributed by atoms with Gasteiger partial charge in [-0.1, -0.05) is 5.57 Å². The van der Waals surface area contributed by atoms with Gasteiger partial charge in [0.25, 0.3) is 0 Å². The van der Waals surface area contributed by atoms with E-state index in [1.54, 1.807) is 12.1 Å². The molecule has 0 radical (unpaired) electrons. The highest BCUT2D eigenvalue weighted by atomic mass is 16.5. The van der Waals surface area contributed by atoms with Gasteiger partial charge in [-0.2, -0.15) is 0 Å². The van der Waals surface area contributed by atoms with Crippen molar-refractivity contribution in [2.45, 2.75) is 13.3 Å². The molecule has 1 aromatic carbocycles. The summed E-state index contributed by atoms with van der Waals surface area (Å²) >= 11 is 0. The molecule has 0 aliphatic rings. The lowest BCUT2D eigenvalue weighted by atomic mass is 10.2. The molecule has 0 aromatic heterocycles. The van der Waals surface area contributed by atoms with Crippen molar-refractivity contribution >= 4 is 5.97 Å². The third-order valence-electron chi connectivity index (χ3n) is 1.90. The molecule has 0 aliphatic heterocycles. The first-order chi connectivity index (χ1) is 7.09. The van der Waals surface area contributed by atoms with Gasteiger partial charge in [0.05, 0.1) is 12.2 Å². The molecule has 3 nitrogen and oxygen atoms in total. The molecular formula is C12H14O3. The van der Waals surface area contributed by atoms with E-state index in [4.69, 9.17) is 9.84 Å². The Hall–Kier alpha value is -1.77. The monoisotopic (exact) mass is 206 g/mol. The van der Waals surface area contributed by atoms with Gasteiger partial charge < -0.3 is 9.84 Å². The third kappa shape index (κ3) is 3.85. The molecule has 1 N–H and O–H groups in total. The number of rotatable bonds is 5. The van der Waals surface area contributed by atoms with E-state index in [9.17, 15) is 4.79 Å². The van der Waals surface area contributed by atoms with Crippen LogP contribution >= 0.6 is 0 Å². The molecule has 3 heteroatoms. The zero-order valence-corrected chi connectivity index (χ0v) is 8.69. The minimum Gasteiger partial charge on any atom is -0.493 e. The van der Waals surface area contributed by atoms with E-state index in [0.29, 0.717) is 12.4 Å². The summed E-state index contributed by atoms with van der Waals surface area (Å²) in [6.07, 6.45) is 0.806. The molecule has 0 saturated carbocycles. The quantitative estimate of drug-likeness (QED) is 0.753. The summed E-state index contributed by atoms with van der Waals surface area (Å²) in [7, 11) is 0. The summed E-state index contributed by atoms with van der Waals surface area (Å²) in [6, 6.07) is 6.36. The first-order valence-corrected chi connectivity index (χ1v) is 4.70. The van der Waals surface area contributed by atoms with Crippen LogP contribution in [0.15, 0.2) is 36.4 Å². The Morgan fingerprint density at radius 3 is 2.47 bits per heavy atom. The number of carboxylic acids is 1. The number of hydrogen-bond acceptors (Lipinski definition) is 2. The van der Waals surface area contributed by atoms with E-state index < -0.39 is 5.97 Å². The first kappa shape index (κ1) is 11.3. The van der Waals surface area contributed by atoms with Crippen molar-refractivity contribution in [3.05, 3.63) is 42.0 Å². The molecule has 1 aromatic rings. The van der Waals surface area contributed by atoms with Crippen LogP contribution in [0, 0.1) is 0 Å². The Morgan fingerprint density at radius 2 is 2.00 bits per heavy atom. The van der Waals surface area contributed by atoms with Gasteiger partial charge in [-0.05, 0) is 31.2 Å². The molecule has 0 atom stereocenters. The van der Waals surface area contributed by atoms with Gasteiger partial charge in [-0.15, -0.1) is 6.58 Å². The maximum absolute atomic E-state index is 10.6. The van der Waals surface area contributed by atoms with Crippen LogP contribution < -0.4 is 4.74 Å². The van der Waals surface area contributed by atoms with Gasteiger partial charge in [-0.3, -0.25) is 0 Å². The van der Waals surface area contributed by atoms with E-state index in [1.165, 1.54) is 12.1 Å². The van der Waals surface area contributed by atoms with E-state index in [0.717, 1.165) is 12.0 Å². The third-order valence-corrected chi connectivity index (χ3v) is 1.90. The minimum absolute atomic E-state index is 0.266. The van der Waals surface area contributed by atoms with Gasteiger partial charge in [0.15, 0.2) is 0 Å². The van der Waals surface area contributed by atoms with E-state index in [-0.39, 0.29) is 5.56 Å². The normalized spacial score (nSPS) is 9.67. The molecule has 0 bridgehead atoms. The van der Waals surface area contributed by atoms with Crippen molar-refractivity contribution in [2.75, 3.05) is 6.61 Å². The summed E-state index contributed by atoms with van der Waals surface area (Å²) in [5.41, 5.74) is 1.33. The van der Waals surface area contributed by atoms with Crippen LogP contribution in [0.5, 0.6) is 5.75 Å². The fourth-order valence-corrected chi connectivity index (χ4v) is 1.04. The standard InChI is InChI=1S/C12H14O3/c1-9(2)7-8-15-11-5-3-10(4-6-11)12(13)14/h3-6H,1,7-8H2,2H3,(H,13,14). The fourth-order valence-electron chi connectivity index (χ4n) is 1.04. The Kier molecular flexibility index (Phi) is 3.92.